The molecule has 0 fully saturated rings. The van der Waals surface area contributed by atoms with Crippen molar-refractivity contribution in [2.45, 2.75) is 20.3 Å². The van der Waals surface area contributed by atoms with Gasteiger partial charge in [-0.1, -0.05) is 13.8 Å². The van der Waals surface area contributed by atoms with E-state index in [-0.39, 0.29) is 17.0 Å². The van der Waals surface area contributed by atoms with Gasteiger partial charge in [-0.05, 0) is 0 Å². The first-order chi connectivity index (χ1) is 7.38. The van der Waals surface area contributed by atoms with Crippen molar-refractivity contribution in [2.24, 2.45) is 5.41 Å². The highest BCUT2D eigenvalue weighted by Gasteiger charge is 2.43. The summed E-state index contributed by atoms with van der Waals surface area (Å²) in [5.41, 5.74) is -0.383. The lowest BCUT2D eigenvalue weighted by Gasteiger charge is -2.14. The molecule has 0 amide bonds. The number of Topliss-reactive ketones (excluding diaryl/α,β-unsaturated/α-hetero) is 1. The van der Waals surface area contributed by atoms with Gasteiger partial charge in [-0.2, -0.15) is 0 Å². The number of hydrogen-bond acceptors (Lipinski definition) is 3. The Morgan fingerprint density at radius 1 is 1.50 bits per heavy atom. The summed E-state index contributed by atoms with van der Waals surface area (Å²) in [6.07, 6.45) is 0.412. The molecule has 16 heavy (non-hydrogen) atoms. The zero-order valence-electron chi connectivity index (χ0n) is 9.31. The van der Waals surface area contributed by atoms with E-state index in [1.54, 1.807) is 13.8 Å². The van der Waals surface area contributed by atoms with Gasteiger partial charge in [0.2, 0.25) is 0 Å². The third kappa shape index (κ3) is 1.27. The molecule has 0 unspecified atom stereocenters. The molecular weight excluding hydrogens is 213 g/mol. The van der Waals surface area contributed by atoms with E-state index in [2.05, 4.69) is 9.72 Å². The van der Waals surface area contributed by atoms with Crippen molar-refractivity contribution >= 4 is 11.8 Å². The van der Waals surface area contributed by atoms with Crippen molar-refractivity contribution in [1.29, 1.82) is 0 Å². The molecule has 1 heterocycles. The zero-order valence-corrected chi connectivity index (χ0v) is 9.31. The number of hydrogen-bond donors (Lipinski definition) is 1. The number of fused-ring (bicyclic) bond motifs is 1. The van der Waals surface area contributed by atoms with Gasteiger partial charge in [0.1, 0.15) is 0 Å². The maximum Gasteiger partial charge on any atom is 0.357 e. The summed E-state index contributed by atoms with van der Waals surface area (Å²) in [6, 6.07) is 0. The van der Waals surface area contributed by atoms with Crippen molar-refractivity contribution in [3.63, 3.8) is 0 Å². The Balaban J connectivity index is 2.53. The van der Waals surface area contributed by atoms with Crippen molar-refractivity contribution in [2.75, 3.05) is 7.11 Å². The lowest BCUT2D eigenvalue weighted by Crippen LogP contribution is -2.20. The average Bonchev–Trinajstić information content (AvgIpc) is 2.63. The Bertz CT molecular complexity index is 488. The van der Waals surface area contributed by atoms with Gasteiger partial charge in [0.15, 0.2) is 17.3 Å². The molecule has 0 saturated heterocycles. The Kier molecular flexibility index (Phi) is 2.15. The van der Waals surface area contributed by atoms with Gasteiger partial charge in [0, 0.05) is 17.5 Å². The lowest BCUT2D eigenvalue weighted by molar-refractivity contribution is 0.0589. The molecular formula is C11H12FNO3. The van der Waals surface area contributed by atoms with Crippen LogP contribution in [-0.4, -0.2) is 23.8 Å². The van der Waals surface area contributed by atoms with Crippen molar-refractivity contribution in [1.82, 2.24) is 4.98 Å². The molecule has 0 aromatic carbocycles. The maximum absolute atomic E-state index is 13.8. The number of esters is 1. The number of ether oxygens (including phenoxy) is 1. The molecule has 1 aliphatic carbocycles. The molecule has 1 aliphatic rings. The Labute approximate surface area is 91.8 Å². The standard InChI is InChI=1S/C11H12FNO3/c1-11(2)4-5-6(9(11)14)7(12)8(13-5)10(15)16-3/h13H,4H2,1-3H3. The van der Waals surface area contributed by atoms with Gasteiger partial charge in [0.05, 0.1) is 12.7 Å². The first-order valence-electron chi connectivity index (χ1n) is 4.92. The van der Waals surface area contributed by atoms with E-state index in [1.165, 1.54) is 7.11 Å². The van der Waals surface area contributed by atoms with E-state index >= 15 is 0 Å². The minimum absolute atomic E-state index is 0.00500. The van der Waals surface area contributed by atoms with Crippen molar-refractivity contribution in [3.8, 4) is 0 Å². The van der Waals surface area contributed by atoms with Gasteiger partial charge in [-0.25, -0.2) is 9.18 Å². The van der Waals surface area contributed by atoms with Gasteiger partial charge in [-0.3, -0.25) is 4.79 Å². The average molecular weight is 225 g/mol. The molecule has 0 aliphatic heterocycles. The van der Waals surface area contributed by atoms with E-state index in [1.807, 2.05) is 0 Å². The summed E-state index contributed by atoms with van der Waals surface area (Å²) in [6.45, 7) is 3.50. The number of halogens is 1. The van der Waals surface area contributed by atoms with Gasteiger partial charge in [0.25, 0.3) is 0 Å². The van der Waals surface area contributed by atoms with E-state index in [0.717, 1.165) is 0 Å². The Morgan fingerprint density at radius 2 is 2.12 bits per heavy atom. The molecule has 0 atom stereocenters. The van der Waals surface area contributed by atoms with Crippen LogP contribution in [0.3, 0.4) is 0 Å². The normalized spacial score (nSPS) is 17.4. The van der Waals surface area contributed by atoms with Crippen LogP contribution in [0.25, 0.3) is 0 Å². The van der Waals surface area contributed by atoms with Crippen LogP contribution >= 0.6 is 0 Å². The van der Waals surface area contributed by atoms with Gasteiger partial charge < -0.3 is 9.72 Å². The zero-order chi connectivity index (χ0) is 12.1. The van der Waals surface area contributed by atoms with Crippen LogP contribution in [0.5, 0.6) is 0 Å². The number of rotatable bonds is 1. The number of nitrogens with one attached hydrogen (secondary N) is 1. The number of aromatic amines is 1. The molecule has 1 aromatic heterocycles. The first kappa shape index (κ1) is 10.9. The second kappa shape index (κ2) is 3.17. The highest BCUT2D eigenvalue weighted by molar-refractivity contribution is 6.06. The summed E-state index contributed by atoms with van der Waals surface area (Å²) in [4.78, 5) is 25.7. The molecule has 0 radical (unpaired) electrons. The third-order valence-corrected chi connectivity index (χ3v) is 2.87. The predicted molar refractivity (Wildman–Crippen MR) is 53.9 cm³/mol. The third-order valence-electron chi connectivity index (χ3n) is 2.87. The highest BCUT2D eigenvalue weighted by atomic mass is 19.1. The van der Waals surface area contributed by atoms with Gasteiger partial charge >= 0.3 is 5.97 Å². The second-order valence-corrected chi connectivity index (χ2v) is 4.55. The highest BCUT2D eigenvalue weighted by Crippen LogP contribution is 2.38. The number of methoxy groups -OCH3 is 1. The van der Waals surface area contributed by atoms with Crippen LogP contribution in [0.1, 0.15) is 40.4 Å². The minimum atomic E-state index is -0.794. The lowest BCUT2D eigenvalue weighted by atomic mass is 9.89. The van der Waals surface area contributed by atoms with Crippen LogP contribution in [-0.2, 0) is 11.2 Å². The minimum Gasteiger partial charge on any atom is -0.464 e. The quantitative estimate of drug-likeness (QED) is 0.740. The largest absolute Gasteiger partial charge is 0.464 e. The number of ketones is 1. The summed E-state index contributed by atoms with van der Waals surface area (Å²) in [7, 11) is 1.17. The van der Waals surface area contributed by atoms with E-state index in [4.69, 9.17) is 0 Å². The summed E-state index contributed by atoms with van der Waals surface area (Å²) < 4.78 is 18.2. The summed E-state index contributed by atoms with van der Waals surface area (Å²) in [5.74, 6) is -1.86. The number of carbonyl (C=O) groups excluding carboxylic acids is 2. The molecule has 0 saturated carbocycles. The molecule has 0 bridgehead atoms. The van der Waals surface area contributed by atoms with Gasteiger partial charge in [-0.15, -0.1) is 0 Å². The van der Waals surface area contributed by atoms with E-state index in [9.17, 15) is 14.0 Å². The molecule has 86 valence electrons. The summed E-state index contributed by atoms with van der Waals surface area (Å²) >= 11 is 0. The van der Waals surface area contributed by atoms with Crippen LogP contribution < -0.4 is 0 Å². The fourth-order valence-corrected chi connectivity index (χ4v) is 2.00. The summed E-state index contributed by atoms with van der Waals surface area (Å²) in [5, 5.41) is 0. The Morgan fingerprint density at radius 3 is 2.62 bits per heavy atom. The molecule has 1 N–H and O–H groups in total. The van der Waals surface area contributed by atoms with Crippen LogP contribution in [0, 0.1) is 11.2 Å². The molecule has 0 spiro atoms. The fraction of sp³-hybridized carbons (Fsp3) is 0.455. The van der Waals surface area contributed by atoms with E-state index in [0.29, 0.717) is 12.1 Å². The van der Waals surface area contributed by atoms with E-state index < -0.39 is 17.2 Å². The van der Waals surface area contributed by atoms with Crippen LogP contribution in [0.4, 0.5) is 4.39 Å². The van der Waals surface area contributed by atoms with Crippen LogP contribution in [0.15, 0.2) is 0 Å². The first-order valence-corrected chi connectivity index (χ1v) is 4.92. The Hall–Kier alpha value is -1.65. The van der Waals surface area contributed by atoms with Crippen LogP contribution in [0.2, 0.25) is 0 Å². The maximum atomic E-state index is 13.8. The van der Waals surface area contributed by atoms with Crippen molar-refractivity contribution in [3.05, 3.63) is 22.8 Å². The predicted octanol–water partition coefficient (Wildman–Crippen LogP) is 1.71. The molecule has 5 heteroatoms. The number of carbonyl (C=O) groups is 2. The topological polar surface area (TPSA) is 59.2 Å². The smallest absolute Gasteiger partial charge is 0.357 e. The molecule has 4 nitrogen and oxygen atoms in total. The fourth-order valence-electron chi connectivity index (χ4n) is 2.00. The molecule has 2 rings (SSSR count). The number of H-pyrrole nitrogens is 1. The van der Waals surface area contributed by atoms with Crippen molar-refractivity contribution < 1.29 is 18.7 Å². The molecule has 1 aromatic rings. The number of aromatic nitrogens is 1. The second-order valence-electron chi connectivity index (χ2n) is 4.55. The monoisotopic (exact) mass is 225 g/mol. The SMILES string of the molecule is COC(=O)c1[nH]c2c(c1F)C(=O)C(C)(C)C2.